The van der Waals surface area contributed by atoms with Crippen LogP contribution in [-0.2, 0) is 19.1 Å². The predicted octanol–water partition coefficient (Wildman–Crippen LogP) is 5.94. The molecule has 1 atom stereocenters. The molecule has 1 N–H and O–H groups in total. The van der Waals surface area contributed by atoms with Crippen molar-refractivity contribution in [3.63, 3.8) is 0 Å². The summed E-state index contributed by atoms with van der Waals surface area (Å²) in [6.07, 6.45) is -0.410. The number of imidazole rings is 1. The van der Waals surface area contributed by atoms with Crippen LogP contribution in [0.3, 0.4) is 0 Å². The summed E-state index contributed by atoms with van der Waals surface area (Å²) in [6.45, 7) is 2.81. The van der Waals surface area contributed by atoms with E-state index >= 15 is 0 Å². The van der Waals surface area contributed by atoms with Gasteiger partial charge in [0.25, 0.3) is 5.56 Å². The number of pyridine rings is 1. The van der Waals surface area contributed by atoms with Crippen molar-refractivity contribution >= 4 is 28.7 Å². The van der Waals surface area contributed by atoms with E-state index in [4.69, 9.17) is 4.98 Å². The Kier molecular flexibility index (Phi) is 6.38. The molecule has 198 valence electrons. The van der Waals surface area contributed by atoms with Crippen molar-refractivity contribution in [3.8, 4) is 5.69 Å². The third kappa shape index (κ3) is 4.89. The number of H-pyrrole nitrogens is 1. The standard InChI is InChI=1S/C28H23F3N6OS/c1-17(18-6-5-12-32-15-18)39-27-35-22-11-13-36(16-21(22)25(38)37(27)20-7-3-2-4-8-20)26-33-23-10-9-19(28(29,30)31)14-24(23)34-26/h2-10,12,14-15,17H,11,13,16H2,1H3,(H,33,34). The maximum absolute atomic E-state index is 14.0. The Morgan fingerprint density at radius 3 is 2.62 bits per heavy atom. The highest BCUT2D eigenvalue weighted by Gasteiger charge is 2.31. The maximum Gasteiger partial charge on any atom is 0.416 e. The highest BCUT2D eigenvalue weighted by atomic mass is 32.2. The number of benzene rings is 2. The zero-order chi connectivity index (χ0) is 27.1. The summed E-state index contributed by atoms with van der Waals surface area (Å²) >= 11 is 1.50. The Balaban J connectivity index is 1.37. The molecule has 0 amide bonds. The van der Waals surface area contributed by atoms with E-state index in [-0.39, 0.29) is 17.4 Å². The minimum absolute atomic E-state index is 0.0100. The van der Waals surface area contributed by atoms with Crippen molar-refractivity contribution in [2.24, 2.45) is 0 Å². The lowest BCUT2D eigenvalue weighted by Gasteiger charge is -2.28. The molecule has 1 aliphatic heterocycles. The fourth-order valence-electron chi connectivity index (χ4n) is 4.68. The smallest absolute Gasteiger partial charge is 0.337 e. The largest absolute Gasteiger partial charge is 0.416 e. The first kappa shape index (κ1) is 25.2. The van der Waals surface area contributed by atoms with Crippen LogP contribution in [0.15, 0.2) is 83.0 Å². The number of hydrogen-bond donors (Lipinski definition) is 1. The molecule has 0 fully saturated rings. The average Bonchev–Trinajstić information content (AvgIpc) is 3.37. The molecule has 0 radical (unpaired) electrons. The quantitative estimate of drug-likeness (QED) is 0.216. The predicted molar refractivity (Wildman–Crippen MR) is 144 cm³/mol. The molecule has 0 saturated heterocycles. The van der Waals surface area contributed by atoms with Gasteiger partial charge in [0, 0.05) is 30.6 Å². The molecule has 39 heavy (non-hydrogen) atoms. The van der Waals surface area contributed by atoms with E-state index in [1.807, 2.05) is 53.6 Å². The number of aromatic amines is 1. The number of thioether (sulfide) groups is 1. The van der Waals surface area contributed by atoms with Crippen molar-refractivity contribution in [2.75, 3.05) is 11.4 Å². The second-order valence-corrected chi connectivity index (χ2v) is 10.6. The molecule has 1 aliphatic rings. The fourth-order valence-corrected chi connectivity index (χ4v) is 5.73. The summed E-state index contributed by atoms with van der Waals surface area (Å²) in [5.74, 6) is 0.421. The van der Waals surface area contributed by atoms with Crippen LogP contribution in [0, 0.1) is 0 Å². The van der Waals surface area contributed by atoms with Gasteiger partial charge >= 0.3 is 6.18 Å². The molecule has 11 heteroatoms. The Labute approximate surface area is 225 Å². The van der Waals surface area contributed by atoms with Crippen molar-refractivity contribution < 1.29 is 13.2 Å². The molecule has 0 bridgehead atoms. The molecular weight excluding hydrogens is 525 g/mol. The summed E-state index contributed by atoms with van der Waals surface area (Å²) in [5, 5.41) is 0.606. The van der Waals surface area contributed by atoms with E-state index in [1.54, 1.807) is 10.8 Å². The van der Waals surface area contributed by atoms with Crippen molar-refractivity contribution in [3.05, 3.63) is 106 Å². The summed E-state index contributed by atoms with van der Waals surface area (Å²) in [4.78, 5) is 32.5. The number of nitrogens with zero attached hydrogens (tertiary/aromatic N) is 5. The fraction of sp³-hybridized carbons (Fsp3) is 0.214. The van der Waals surface area contributed by atoms with Gasteiger partial charge in [-0.3, -0.25) is 14.3 Å². The maximum atomic E-state index is 14.0. The van der Waals surface area contributed by atoms with E-state index < -0.39 is 11.7 Å². The Morgan fingerprint density at radius 2 is 1.87 bits per heavy atom. The lowest BCUT2D eigenvalue weighted by molar-refractivity contribution is -0.137. The molecule has 5 aromatic rings. The van der Waals surface area contributed by atoms with Crippen LogP contribution in [0.4, 0.5) is 19.1 Å². The molecule has 3 aromatic heterocycles. The van der Waals surface area contributed by atoms with Crippen molar-refractivity contribution in [1.82, 2.24) is 24.5 Å². The van der Waals surface area contributed by atoms with Crippen LogP contribution >= 0.6 is 11.8 Å². The SMILES string of the molecule is CC(Sc1nc2c(c(=O)n1-c1ccccc1)CN(c1nc3ccc(C(F)(F)F)cc3[nH]1)CC2)c1cccnc1. The van der Waals surface area contributed by atoms with Gasteiger partial charge in [-0.15, -0.1) is 0 Å². The van der Waals surface area contributed by atoms with Gasteiger partial charge in [-0.25, -0.2) is 9.97 Å². The number of anilines is 1. The lowest BCUT2D eigenvalue weighted by Crippen LogP contribution is -2.38. The Bertz CT molecular complexity index is 1700. The molecule has 1 unspecified atom stereocenters. The van der Waals surface area contributed by atoms with Crippen molar-refractivity contribution in [2.45, 2.75) is 36.5 Å². The summed E-state index contributed by atoms with van der Waals surface area (Å²) in [6, 6.07) is 16.7. The van der Waals surface area contributed by atoms with Gasteiger partial charge in [0.05, 0.1) is 40.1 Å². The van der Waals surface area contributed by atoms with E-state index in [0.717, 1.165) is 23.4 Å². The van der Waals surface area contributed by atoms with E-state index in [9.17, 15) is 18.0 Å². The summed E-state index contributed by atoms with van der Waals surface area (Å²) in [7, 11) is 0. The first-order valence-corrected chi connectivity index (χ1v) is 13.2. The minimum Gasteiger partial charge on any atom is -0.337 e. The summed E-state index contributed by atoms with van der Waals surface area (Å²) in [5.41, 5.74) is 2.81. The van der Waals surface area contributed by atoms with E-state index in [2.05, 4.69) is 21.9 Å². The van der Waals surface area contributed by atoms with Gasteiger partial charge in [-0.2, -0.15) is 13.2 Å². The molecule has 0 spiro atoms. The van der Waals surface area contributed by atoms with Crippen LogP contribution in [0.25, 0.3) is 16.7 Å². The van der Waals surface area contributed by atoms with Gasteiger partial charge in [0.15, 0.2) is 5.16 Å². The summed E-state index contributed by atoms with van der Waals surface area (Å²) < 4.78 is 41.2. The molecule has 2 aromatic carbocycles. The van der Waals surface area contributed by atoms with E-state index in [0.29, 0.717) is 46.4 Å². The number of alkyl halides is 3. The Hall–Kier alpha value is -4.12. The monoisotopic (exact) mass is 548 g/mol. The number of hydrogen-bond acceptors (Lipinski definition) is 6. The molecule has 0 saturated carbocycles. The number of rotatable bonds is 5. The number of para-hydroxylation sites is 1. The van der Waals surface area contributed by atoms with Crippen LogP contribution in [0.2, 0.25) is 0 Å². The Morgan fingerprint density at radius 1 is 1.05 bits per heavy atom. The highest BCUT2D eigenvalue weighted by Crippen LogP contribution is 2.35. The highest BCUT2D eigenvalue weighted by molar-refractivity contribution is 7.99. The average molecular weight is 549 g/mol. The van der Waals surface area contributed by atoms with Gasteiger partial charge in [0.1, 0.15) is 0 Å². The molecule has 6 rings (SSSR count). The third-order valence-electron chi connectivity index (χ3n) is 6.75. The first-order valence-electron chi connectivity index (χ1n) is 12.4. The van der Waals surface area contributed by atoms with Crippen molar-refractivity contribution in [1.29, 1.82) is 0 Å². The van der Waals surface area contributed by atoms with Gasteiger partial charge < -0.3 is 9.88 Å². The number of halogens is 3. The topological polar surface area (TPSA) is 79.7 Å². The zero-order valence-electron chi connectivity index (χ0n) is 20.8. The zero-order valence-corrected chi connectivity index (χ0v) is 21.6. The van der Waals surface area contributed by atoms with Crippen LogP contribution in [-0.4, -0.2) is 31.0 Å². The molecule has 0 aliphatic carbocycles. The number of aromatic nitrogens is 5. The van der Waals surface area contributed by atoms with Crippen LogP contribution < -0.4 is 10.5 Å². The van der Waals surface area contributed by atoms with Crippen LogP contribution in [0.1, 0.15) is 34.6 Å². The van der Waals surface area contributed by atoms with Gasteiger partial charge in [-0.1, -0.05) is 36.0 Å². The van der Waals surface area contributed by atoms with Gasteiger partial charge in [-0.05, 0) is 48.9 Å². The second-order valence-electron chi connectivity index (χ2n) is 9.30. The molecular formula is C28H23F3N6OS. The molecule has 4 heterocycles. The van der Waals surface area contributed by atoms with Crippen LogP contribution in [0.5, 0.6) is 0 Å². The lowest BCUT2D eigenvalue weighted by atomic mass is 10.1. The third-order valence-corrected chi connectivity index (χ3v) is 7.86. The normalized spacial score (nSPS) is 14.4. The molecule has 7 nitrogen and oxygen atoms in total. The second kappa shape index (κ2) is 9.88. The number of nitrogens with one attached hydrogen (secondary N) is 1. The minimum atomic E-state index is -4.44. The van der Waals surface area contributed by atoms with Gasteiger partial charge in [0.2, 0.25) is 5.95 Å². The first-order chi connectivity index (χ1) is 18.8. The van der Waals surface area contributed by atoms with E-state index in [1.165, 1.54) is 17.8 Å². The number of fused-ring (bicyclic) bond motifs is 2.